The van der Waals surface area contributed by atoms with Crippen LogP contribution in [0.2, 0.25) is 0 Å². The Balaban J connectivity index is 1.55. The van der Waals surface area contributed by atoms with Gasteiger partial charge in [0.05, 0.1) is 23.6 Å². The van der Waals surface area contributed by atoms with Crippen LogP contribution in [0, 0.1) is 6.92 Å². The van der Waals surface area contributed by atoms with Crippen LogP contribution in [0.3, 0.4) is 0 Å². The van der Waals surface area contributed by atoms with E-state index < -0.39 is 0 Å². The number of benzene rings is 1. The number of aromatic amines is 1. The Bertz CT molecular complexity index is 1040. The van der Waals surface area contributed by atoms with Gasteiger partial charge in [-0.05, 0) is 30.7 Å². The zero-order valence-electron chi connectivity index (χ0n) is 13.3. The molecule has 25 heavy (non-hydrogen) atoms. The van der Waals surface area contributed by atoms with E-state index in [1.54, 1.807) is 18.6 Å². The van der Waals surface area contributed by atoms with Gasteiger partial charge < -0.3 is 10.6 Å². The summed E-state index contributed by atoms with van der Waals surface area (Å²) in [6.45, 7) is 1.95. The van der Waals surface area contributed by atoms with Gasteiger partial charge in [0.2, 0.25) is 0 Å². The second kappa shape index (κ2) is 6.33. The van der Waals surface area contributed by atoms with Crippen molar-refractivity contribution < 1.29 is 4.79 Å². The highest BCUT2D eigenvalue weighted by Crippen LogP contribution is 2.27. The minimum atomic E-state index is -0.205. The van der Waals surface area contributed by atoms with Crippen molar-refractivity contribution >= 4 is 44.8 Å². The van der Waals surface area contributed by atoms with E-state index in [1.807, 2.05) is 37.3 Å². The monoisotopic (exact) mass is 350 g/mol. The molecule has 124 valence electrons. The van der Waals surface area contributed by atoms with E-state index in [-0.39, 0.29) is 5.91 Å². The van der Waals surface area contributed by atoms with E-state index in [1.165, 1.54) is 11.3 Å². The normalized spacial score (nSPS) is 10.8. The molecule has 0 spiro atoms. The van der Waals surface area contributed by atoms with Crippen molar-refractivity contribution in [2.75, 3.05) is 10.6 Å². The zero-order valence-corrected chi connectivity index (χ0v) is 14.1. The average Bonchev–Trinajstić information content (AvgIpc) is 3.27. The van der Waals surface area contributed by atoms with Gasteiger partial charge in [-0.2, -0.15) is 5.10 Å². The fourth-order valence-corrected chi connectivity index (χ4v) is 3.17. The van der Waals surface area contributed by atoms with Crippen molar-refractivity contribution in [3.05, 3.63) is 59.4 Å². The minimum absolute atomic E-state index is 0.205. The number of carbonyl (C=O) groups is 1. The van der Waals surface area contributed by atoms with Gasteiger partial charge in [0.15, 0.2) is 5.13 Å². The first-order valence-electron chi connectivity index (χ1n) is 7.58. The van der Waals surface area contributed by atoms with Crippen molar-refractivity contribution in [3.63, 3.8) is 0 Å². The number of H-pyrrole nitrogens is 1. The Labute approximate surface area is 147 Å². The van der Waals surface area contributed by atoms with Crippen molar-refractivity contribution in [1.82, 2.24) is 20.2 Å². The SMILES string of the molecule is Cc1ccc2[nH]ncc2c1NC(=O)c1cnc(Nc2ccccn2)s1. The molecule has 0 saturated heterocycles. The van der Waals surface area contributed by atoms with Gasteiger partial charge in [-0.25, -0.2) is 9.97 Å². The second-order valence-corrected chi connectivity index (χ2v) is 6.44. The molecule has 0 unspecified atom stereocenters. The third kappa shape index (κ3) is 3.07. The number of pyridine rings is 1. The fraction of sp³-hybridized carbons (Fsp3) is 0.0588. The molecule has 0 bridgehead atoms. The number of amides is 1. The highest BCUT2D eigenvalue weighted by molar-refractivity contribution is 7.17. The first kappa shape index (κ1) is 15.3. The largest absolute Gasteiger partial charge is 0.320 e. The Morgan fingerprint density at radius 3 is 2.92 bits per heavy atom. The van der Waals surface area contributed by atoms with E-state index in [4.69, 9.17) is 0 Å². The molecule has 7 nitrogen and oxygen atoms in total. The smallest absolute Gasteiger partial charge is 0.267 e. The number of nitrogens with one attached hydrogen (secondary N) is 3. The van der Waals surface area contributed by atoms with E-state index in [2.05, 4.69) is 30.8 Å². The number of fused-ring (bicyclic) bond motifs is 1. The molecule has 0 atom stereocenters. The van der Waals surface area contributed by atoms with Gasteiger partial charge in [-0.15, -0.1) is 0 Å². The molecule has 0 fully saturated rings. The molecule has 3 aromatic heterocycles. The van der Waals surface area contributed by atoms with Gasteiger partial charge in [0.25, 0.3) is 5.91 Å². The number of carbonyl (C=O) groups excluding carboxylic acids is 1. The molecule has 4 rings (SSSR count). The molecule has 0 radical (unpaired) electrons. The van der Waals surface area contributed by atoms with E-state index in [0.29, 0.717) is 15.8 Å². The maximum absolute atomic E-state index is 12.6. The van der Waals surface area contributed by atoms with E-state index in [9.17, 15) is 4.79 Å². The van der Waals surface area contributed by atoms with Crippen LogP contribution in [-0.4, -0.2) is 26.1 Å². The Hall–Kier alpha value is -3.26. The topological polar surface area (TPSA) is 95.6 Å². The van der Waals surface area contributed by atoms with Crippen LogP contribution in [-0.2, 0) is 0 Å². The summed E-state index contributed by atoms with van der Waals surface area (Å²) in [4.78, 5) is 21.5. The van der Waals surface area contributed by atoms with Crippen LogP contribution < -0.4 is 10.6 Å². The third-order valence-corrected chi connectivity index (χ3v) is 4.61. The third-order valence-electron chi connectivity index (χ3n) is 3.70. The van der Waals surface area contributed by atoms with Crippen molar-refractivity contribution in [2.45, 2.75) is 6.92 Å². The van der Waals surface area contributed by atoms with Gasteiger partial charge in [-0.3, -0.25) is 9.89 Å². The summed E-state index contributed by atoms with van der Waals surface area (Å²) in [5.41, 5.74) is 2.60. The second-order valence-electron chi connectivity index (χ2n) is 5.41. The number of aromatic nitrogens is 4. The minimum Gasteiger partial charge on any atom is -0.320 e. The summed E-state index contributed by atoms with van der Waals surface area (Å²) >= 11 is 1.27. The summed E-state index contributed by atoms with van der Waals surface area (Å²) in [6.07, 6.45) is 4.95. The van der Waals surface area contributed by atoms with Crippen LogP contribution in [0.1, 0.15) is 15.2 Å². The van der Waals surface area contributed by atoms with Crippen LogP contribution in [0.15, 0.2) is 48.9 Å². The summed E-state index contributed by atoms with van der Waals surface area (Å²) < 4.78 is 0. The first-order chi connectivity index (χ1) is 12.2. The van der Waals surface area contributed by atoms with Gasteiger partial charge in [0.1, 0.15) is 10.7 Å². The molecule has 3 N–H and O–H groups in total. The maximum atomic E-state index is 12.6. The Morgan fingerprint density at radius 2 is 2.08 bits per heavy atom. The van der Waals surface area contributed by atoms with Gasteiger partial charge in [-0.1, -0.05) is 23.5 Å². The Morgan fingerprint density at radius 1 is 1.16 bits per heavy atom. The number of hydrogen-bond acceptors (Lipinski definition) is 6. The lowest BCUT2D eigenvalue weighted by atomic mass is 10.1. The predicted molar refractivity (Wildman–Crippen MR) is 98.4 cm³/mol. The number of hydrogen-bond donors (Lipinski definition) is 3. The van der Waals surface area contributed by atoms with Crippen LogP contribution in [0.4, 0.5) is 16.6 Å². The van der Waals surface area contributed by atoms with Gasteiger partial charge >= 0.3 is 0 Å². The van der Waals surface area contributed by atoms with Crippen molar-refractivity contribution in [2.24, 2.45) is 0 Å². The lowest BCUT2D eigenvalue weighted by Crippen LogP contribution is -2.11. The van der Waals surface area contributed by atoms with E-state index in [0.717, 1.165) is 22.2 Å². The molecular formula is C17H14N6OS. The molecule has 4 aromatic rings. The van der Waals surface area contributed by atoms with Crippen LogP contribution in [0.25, 0.3) is 10.9 Å². The molecule has 8 heteroatoms. The first-order valence-corrected chi connectivity index (χ1v) is 8.40. The van der Waals surface area contributed by atoms with E-state index >= 15 is 0 Å². The number of nitrogens with zero attached hydrogens (tertiary/aromatic N) is 3. The maximum Gasteiger partial charge on any atom is 0.267 e. The molecule has 0 aliphatic rings. The van der Waals surface area contributed by atoms with Crippen LogP contribution >= 0.6 is 11.3 Å². The zero-order chi connectivity index (χ0) is 17.2. The highest BCUT2D eigenvalue weighted by Gasteiger charge is 2.14. The number of anilines is 3. The molecule has 0 aliphatic carbocycles. The summed E-state index contributed by atoms with van der Waals surface area (Å²) in [7, 11) is 0. The summed E-state index contributed by atoms with van der Waals surface area (Å²) in [5.74, 6) is 0.478. The number of aryl methyl sites for hydroxylation is 1. The molecule has 3 heterocycles. The number of rotatable bonds is 4. The molecular weight excluding hydrogens is 336 g/mol. The van der Waals surface area contributed by atoms with Crippen molar-refractivity contribution in [3.8, 4) is 0 Å². The molecule has 0 saturated carbocycles. The lowest BCUT2D eigenvalue weighted by molar-refractivity contribution is 0.103. The van der Waals surface area contributed by atoms with Gasteiger partial charge in [0, 0.05) is 11.6 Å². The van der Waals surface area contributed by atoms with Crippen LogP contribution in [0.5, 0.6) is 0 Å². The molecule has 1 aromatic carbocycles. The summed E-state index contributed by atoms with van der Waals surface area (Å²) in [5, 5.41) is 14.5. The Kier molecular flexibility index (Phi) is 3.87. The average molecular weight is 350 g/mol. The van der Waals surface area contributed by atoms with Crippen molar-refractivity contribution in [1.29, 1.82) is 0 Å². The predicted octanol–water partition coefficient (Wildman–Crippen LogP) is 3.72. The quantitative estimate of drug-likeness (QED) is 0.521. The number of thiazole rings is 1. The fourth-order valence-electron chi connectivity index (χ4n) is 2.45. The highest BCUT2D eigenvalue weighted by atomic mass is 32.1. The summed E-state index contributed by atoms with van der Waals surface area (Å²) in [6, 6.07) is 9.44. The molecule has 0 aliphatic heterocycles. The molecule has 1 amide bonds. The lowest BCUT2D eigenvalue weighted by Gasteiger charge is -2.08. The standard InChI is InChI=1S/C17H14N6OS/c1-10-5-6-12-11(8-20-23-12)15(10)22-16(24)13-9-19-17(25-13)21-14-4-2-3-7-18-14/h2-9H,1H3,(H,20,23)(H,22,24)(H,18,19,21).